The monoisotopic (exact) mass is 423 g/mol. The summed E-state index contributed by atoms with van der Waals surface area (Å²) in [5.41, 5.74) is 2.10. The van der Waals surface area contributed by atoms with Crippen molar-refractivity contribution in [1.29, 1.82) is 0 Å². The fourth-order valence-corrected chi connectivity index (χ4v) is 5.54. The number of imidazole rings is 1. The molecule has 2 bridgehead atoms. The molecule has 0 aliphatic carbocycles. The zero-order valence-electron chi connectivity index (χ0n) is 16.7. The number of amides is 1. The molecule has 2 atom stereocenters. The van der Waals surface area contributed by atoms with Crippen LogP contribution < -0.4 is 10.9 Å². The fraction of sp³-hybridized carbons (Fsp3) is 0.409. The molecule has 3 aromatic rings. The average molecular weight is 424 g/mol. The van der Waals surface area contributed by atoms with E-state index >= 15 is 0 Å². The van der Waals surface area contributed by atoms with Crippen LogP contribution in [0.2, 0.25) is 0 Å². The van der Waals surface area contributed by atoms with E-state index in [1.165, 1.54) is 4.88 Å². The summed E-state index contributed by atoms with van der Waals surface area (Å²) < 4.78 is 1.85. The van der Waals surface area contributed by atoms with Gasteiger partial charge in [-0.1, -0.05) is 6.07 Å². The Hall–Kier alpha value is -2.71. The molecule has 30 heavy (non-hydrogen) atoms. The Balaban J connectivity index is 1.29. The van der Waals surface area contributed by atoms with Gasteiger partial charge in [0.25, 0.3) is 11.5 Å². The number of hydrogen-bond donors (Lipinski definition) is 2. The second kappa shape index (κ2) is 8.20. The number of thiophene rings is 1. The van der Waals surface area contributed by atoms with E-state index in [0.717, 1.165) is 37.4 Å². The Morgan fingerprint density at radius 1 is 1.27 bits per heavy atom. The van der Waals surface area contributed by atoms with Crippen molar-refractivity contribution in [3.63, 3.8) is 0 Å². The van der Waals surface area contributed by atoms with Crippen molar-refractivity contribution < 1.29 is 4.79 Å². The topological polar surface area (TPSA) is 83.0 Å². The van der Waals surface area contributed by atoms with Gasteiger partial charge in [-0.3, -0.25) is 14.5 Å². The second-order valence-electron chi connectivity index (χ2n) is 8.24. The highest BCUT2D eigenvalue weighted by Gasteiger charge is 2.35. The van der Waals surface area contributed by atoms with Gasteiger partial charge in [0.1, 0.15) is 5.56 Å². The lowest BCUT2D eigenvalue weighted by Crippen LogP contribution is -2.47. The van der Waals surface area contributed by atoms with Gasteiger partial charge in [0.2, 0.25) is 0 Å². The molecular formula is C22H25N5O2S. The van der Waals surface area contributed by atoms with E-state index in [-0.39, 0.29) is 17.0 Å². The maximum atomic E-state index is 13.1. The molecule has 1 fully saturated rings. The highest BCUT2D eigenvalue weighted by molar-refractivity contribution is 7.09. The maximum Gasteiger partial charge on any atom is 0.263 e. The molecule has 0 radical (unpaired) electrons. The van der Waals surface area contributed by atoms with Crippen LogP contribution in [0.5, 0.6) is 0 Å². The number of carbonyl (C=O) groups is 1. The Morgan fingerprint density at radius 3 is 3.00 bits per heavy atom. The molecule has 5 rings (SSSR count). The smallest absolute Gasteiger partial charge is 0.263 e. The molecule has 5 heterocycles. The third kappa shape index (κ3) is 3.85. The highest BCUT2D eigenvalue weighted by Crippen LogP contribution is 2.35. The van der Waals surface area contributed by atoms with Gasteiger partial charge < -0.3 is 14.9 Å². The van der Waals surface area contributed by atoms with Crippen LogP contribution in [0, 0.1) is 5.92 Å². The second-order valence-corrected chi connectivity index (χ2v) is 9.27. The molecule has 2 aliphatic rings. The Kier molecular flexibility index (Phi) is 5.26. The van der Waals surface area contributed by atoms with Crippen molar-refractivity contribution in [2.75, 3.05) is 19.6 Å². The predicted octanol–water partition coefficient (Wildman–Crippen LogP) is 2.22. The van der Waals surface area contributed by atoms with Crippen molar-refractivity contribution >= 4 is 17.2 Å². The lowest BCUT2D eigenvalue weighted by Gasteiger charge is -2.42. The molecule has 0 saturated carbocycles. The summed E-state index contributed by atoms with van der Waals surface area (Å²) in [6, 6.07) is 7.98. The Labute approximate surface area is 178 Å². The third-order valence-electron chi connectivity index (χ3n) is 6.12. The number of H-pyrrole nitrogens is 1. The van der Waals surface area contributed by atoms with E-state index in [4.69, 9.17) is 0 Å². The first-order chi connectivity index (χ1) is 14.7. The fourth-order valence-electron chi connectivity index (χ4n) is 4.80. The van der Waals surface area contributed by atoms with Crippen molar-refractivity contribution in [2.45, 2.75) is 31.8 Å². The number of carbonyl (C=O) groups excluding carboxylic acids is 1. The summed E-state index contributed by atoms with van der Waals surface area (Å²) in [6.45, 7) is 4.10. The quantitative estimate of drug-likeness (QED) is 0.637. The van der Waals surface area contributed by atoms with E-state index in [2.05, 4.69) is 37.7 Å². The number of aromatic nitrogens is 3. The van der Waals surface area contributed by atoms with Crippen LogP contribution in [0.25, 0.3) is 0 Å². The van der Waals surface area contributed by atoms with Gasteiger partial charge in [-0.15, -0.1) is 11.3 Å². The molecule has 1 amide bonds. The number of likely N-dealkylation sites (tertiary alicyclic amines) is 1. The SMILES string of the molecule is O=C(NCCc1cnc[nH]1)c1ccc2n(c1=O)C[C@H]1C[C@@H]2CN(Cc2cccs2)C1. The molecule has 3 aromatic heterocycles. The normalized spacial score (nSPS) is 20.7. The van der Waals surface area contributed by atoms with Crippen LogP contribution in [-0.4, -0.2) is 45.0 Å². The van der Waals surface area contributed by atoms with Crippen LogP contribution in [0.3, 0.4) is 0 Å². The van der Waals surface area contributed by atoms with Crippen LogP contribution in [0.1, 0.15) is 39.0 Å². The van der Waals surface area contributed by atoms with E-state index < -0.39 is 0 Å². The Morgan fingerprint density at radius 2 is 2.20 bits per heavy atom. The Bertz CT molecular complexity index is 1070. The standard InChI is InChI=1S/C22H25N5O2S/c28-21(24-6-5-17-9-23-14-25-17)19-3-4-20-16-8-15(11-27(20)22(19)29)10-26(12-16)13-18-2-1-7-30-18/h1-4,7,9,14-16H,5-6,8,10-13H2,(H,23,25)(H,24,28)/t15-,16+/m0/s1. The minimum atomic E-state index is -0.301. The summed E-state index contributed by atoms with van der Waals surface area (Å²) >= 11 is 1.80. The predicted molar refractivity (Wildman–Crippen MR) is 116 cm³/mol. The van der Waals surface area contributed by atoms with Gasteiger partial charge in [-0.05, 0) is 35.9 Å². The van der Waals surface area contributed by atoms with Crippen molar-refractivity contribution in [3.05, 3.63) is 74.4 Å². The molecule has 0 aromatic carbocycles. The molecule has 156 valence electrons. The van der Waals surface area contributed by atoms with Crippen LogP contribution in [0.4, 0.5) is 0 Å². The zero-order valence-corrected chi connectivity index (χ0v) is 17.5. The van der Waals surface area contributed by atoms with Crippen molar-refractivity contribution in [2.24, 2.45) is 5.92 Å². The van der Waals surface area contributed by atoms with Crippen molar-refractivity contribution in [3.8, 4) is 0 Å². The van der Waals surface area contributed by atoms with Gasteiger partial charge in [0, 0.05) is 67.5 Å². The van der Waals surface area contributed by atoms with Gasteiger partial charge in [0.15, 0.2) is 0 Å². The van der Waals surface area contributed by atoms with Gasteiger partial charge >= 0.3 is 0 Å². The first kappa shape index (κ1) is 19.3. The largest absolute Gasteiger partial charge is 0.351 e. The third-order valence-corrected chi connectivity index (χ3v) is 6.98. The molecule has 8 heteroatoms. The maximum absolute atomic E-state index is 13.1. The van der Waals surface area contributed by atoms with Crippen LogP contribution in [0.15, 0.2) is 47.0 Å². The summed E-state index contributed by atoms with van der Waals surface area (Å²) in [6.07, 6.45) is 5.13. The molecular weight excluding hydrogens is 398 g/mol. The average Bonchev–Trinajstić information content (AvgIpc) is 3.43. The van der Waals surface area contributed by atoms with E-state index in [1.807, 2.05) is 10.6 Å². The minimum Gasteiger partial charge on any atom is -0.351 e. The molecule has 7 nitrogen and oxygen atoms in total. The van der Waals surface area contributed by atoms with E-state index in [0.29, 0.717) is 31.3 Å². The first-order valence-electron chi connectivity index (χ1n) is 10.4. The molecule has 1 saturated heterocycles. The molecule has 0 unspecified atom stereocenters. The van der Waals surface area contributed by atoms with Gasteiger partial charge in [0.05, 0.1) is 6.33 Å². The molecule has 2 N–H and O–H groups in total. The number of rotatable bonds is 6. The summed E-state index contributed by atoms with van der Waals surface area (Å²) in [4.78, 5) is 36.6. The number of piperidine rings is 1. The van der Waals surface area contributed by atoms with Gasteiger partial charge in [-0.2, -0.15) is 0 Å². The highest BCUT2D eigenvalue weighted by atomic mass is 32.1. The number of aromatic amines is 1. The van der Waals surface area contributed by atoms with Crippen LogP contribution in [-0.2, 0) is 19.5 Å². The summed E-state index contributed by atoms with van der Waals surface area (Å²) in [7, 11) is 0. The lowest BCUT2D eigenvalue weighted by atomic mass is 9.83. The number of pyridine rings is 1. The number of hydrogen-bond acceptors (Lipinski definition) is 5. The van der Waals surface area contributed by atoms with E-state index in [1.54, 1.807) is 29.9 Å². The van der Waals surface area contributed by atoms with Crippen LogP contribution >= 0.6 is 11.3 Å². The summed E-state index contributed by atoms with van der Waals surface area (Å²) in [5.74, 6) is 0.500. The lowest BCUT2D eigenvalue weighted by molar-refractivity contribution is 0.0947. The minimum absolute atomic E-state index is 0.159. The molecule has 0 spiro atoms. The number of nitrogens with zero attached hydrogens (tertiary/aromatic N) is 3. The summed E-state index contributed by atoms with van der Waals surface area (Å²) in [5, 5.41) is 4.98. The zero-order chi connectivity index (χ0) is 20.5. The number of nitrogens with one attached hydrogen (secondary N) is 2. The molecule has 2 aliphatic heterocycles. The van der Waals surface area contributed by atoms with E-state index in [9.17, 15) is 9.59 Å². The van der Waals surface area contributed by atoms with Crippen molar-refractivity contribution in [1.82, 2.24) is 24.8 Å². The van der Waals surface area contributed by atoms with Gasteiger partial charge in [-0.25, -0.2) is 4.98 Å². The first-order valence-corrected chi connectivity index (χ1v) is 11.3. The number of fused-ring (bicyclic) bond motifs is 4.